The van der Waals surface area contributed by atoms with Gasteiger partial charge in [-0.2, -0.15) is 0 Å². The van der Waals surface area contributed by atoms with Gasteiger partial charge in [-0.1, -0.05) is 20.3 Å². The lowest BCUT2D eigenvalue weighted by Crippen LogP contribution is -2.71. The van der Waals surface area contributed by atoms with Crippen molar-refractivity contribution in [3.8, 4) is 0 Å². The number of piperidine rings is 1. The lowest BCUT2D eigenvalue weighted by atomic mass is 9.70. The number of likely N-dealkylation sites (tertiary alicyclic amines) is 1. The standard InChI is InChI=1S/C14H26N2O/c1-10(2)15-12-11-6-9-17-14(11)13(12)16-7-4-3-5-8-16/h10-15H,3-9H2,1-2H3/t11-,12+,13-,14-/m1/s1. The first-order valence-electron chi connectivity index (χ1n) is 7.39. The first kappa shape index (κ1) is 11.9. The Morgan fingerprint density at radius 2 is 1.94 bits per heavy atom. The predicted molar refractivity (Wildman–Crippen MR) is 69.1 cm³/mol. The molecule has 0 spiro atoms. The van der Waals surface area contributed by atoms with E-state index < -0.39 is 0 Å². The van der Waals surface area contributed by atoms with Crippen molar-refractivity contribution in [1.82, 2.24) is 10.2 Å². The second-order valence-electron chi connectivity index (χ2n) is 6.22. The van der Waals surface area contributed by atoms with Gasteiger partial charge in [-0.05, 0) is 32.4 Å². The molecule has 0 unspecified atom stereocenters. The van der Waals surface area contributed by atoms with Crippen molar-refractivity contribution in [3.63, 3.8) is 0 Å². The smallest absolute Gasteiger partial charge is 0.0789 e. The summed E-state index contributed by atoms with van der Waals surface area (Å²) in [5, 5.41) is 3.78. The third-order valence-electron chi connectivity index (χ3n) is 4.69. The van der Waals surface area contributed by atoms with Crippen LogP contribution in [0.15, 0.2) is 0 Å². The SMILES string of the molecule is CC(C)N[C@H]1[C@H]2CCO[C@H]2[C@@H]1N1CCCCC1. The zero-order chi connectivity index (χ0) is 11.8. The van der Waals surface area contributed by atoms with Gasteiger partial charge in [0.1, 0.15) is 0 Å². The minimum atomic E-state index is 0.532. The normalized spacial score (nSPS) is 42.5. The highest BCUT2D eigenvalue weighted by molar-refractivity contribution is 5.11. The Kier molecular flexibility index (Phi) is 3.42. The van der Waals surface area contributed by atoms with Gasteiger partial charge in [-0.15, -0.1) is 0 Å². The van der Waals surface area contributed by atoms with Crippen LogP contribution in [0.1, 0.15) is 39.5 Å². The van der Waals surface area contributed by atoms with Crippen molar-refractivity contribution in [2.75, 3.05) is 19.7 Å². The van der Waals surface area contributed by atoms with Crippen LogP contribution in [-0.2, 0) is 4.74 Å². The number of hydrogen-bond acceptors (Lipinski definition) is 3. The van der Waals surface area contributed by atoms with E-state index in [1.54, 1.807) is 0 Å². The molecule has 3 nitrogen and oxygen atoms in total. The van der Waals surface area contributed by atoms with Gasteiger partial charge < -0.3 is 10.1 Å². The second-order valence-corrected chi connectivity index (χ2v) is 6.22. The van der Waals surface area contributed by atoms with Gasteiger partial charge in [0.05, 0.1) is 12.1 Å². The molecule has 3 heteroatoms. The highest BCUT2D eigenvalue weighted by atomic mass is 16.5. The van der Waals surface area contributed by atoms with Gasteiger partial charge in [0.15, 0.2) is 0 Å². The number of rotatable bonds is 3. The highest BCUT2D eigenvalue weighted by Gasteiger charge is 2.55. The average molecular weight is 238 g/mol. The topological polar surface area (TPSA) is 24.5 Å². The maximum atomic E-state index is 5.95. The molecule has 1 N–H and O–H groups in total. The minimum Gasteiger partial charge on any atom is -0.376 e. The zero-order valence-electron chi connectivity index (χ0n) is 11.2. The third kappa shape index (κ3) is 2.13. The molecule has 0 aromatic carbocycles. The molecule has 3 rings (SSSR count). The fourth-order valence-corrected chi connectivity index (χ4v) is 3.93. The van der Waals surface area contributed by atoms with E-state index in [1.165, 1.54) is 38.8 Å². The monoisotopic (exact) mass is 238 g/mol. The van der Waals surface area contributed by atoms with Crippen LogP contribution in [0.5, 0.6) is 0 Å². The molecular weight excluding hydrogens is 212 g/mol. The van der Waals surface area contributed by atoms with Crippen LogP contribution in [-0.4, -0.2) is 48.8 Å². The van der Waals surface area contributed by atoms with Gasteiger partial charge >= 0.3 is 0 Å². The van der Waals surface area contributed by atoms with E-state index in [1.807, 2.05) is 0 Å². The molecule has 0 aromatic heterocycles. The Labute approximate surface area is 105 Å². The van der Waals surface area contributed by atoms with Crippen LogP contribution in [0.25, 0.3) is 0 Å². The molecular formula is C14H26N2O. The van der Waals surface area contributed by atoms with Gasteiger partial charge in [0.2, 0.25) is 0 Å². The Morgan fingerprint density at radius 3 is 2.65 bits per heavy atom. The molecule has 3 fully saturated rings. The van der Waals surface area contributed by atoms with Crippen molar-refractivity contribution in [1.29, 1.82) is 0 Å². The van der Waals surface area contributed by atoms with Crippen molar-refractivity contribution in [3.05, 3.63) is 0 Å². The Hall–Kier alpha value is -0.120. The predicted octanol–water partition coefficient (Wildman–Crippen LogP) is 1.63. The summed E-state index contributed by atoms with van der Waals surface area (Å²) in [6, 6.07) is 1.93. The molecule has 4 atom stereocenters. The molecule has 2 saturated heterocycles. The molecule has 17 heavy (non-hydrogen) atoms. The molecule has 2 heterocycles. The summed E-state index contributed by atoms with van der Waals surface area (Å²) in [4.78, 5) is 2.69. The minimum absolute atomic E-state index is 0.532. The zero-order valence-corrected chi connectivity index (χ0v) is 11.2. The van der Waals surface area contributed by atoms with E-state index >= 15 is 0 Å². The van der Waals surface area contributed by atoms with Crippen LogP contribution >= 0.6 is 0 Å². The molecule has 1 aliphatic carbocycles. The number of fused-ring (bicyclic) bond motifs is 1. The lowest BCUT2D eigenvalue weighted by Gasteiger charge is -2.54. The highest BCUT2D eigenvalue weighted by Crippen LogP contribution is 2.42. The molecule has 0 bridgehead atoms. The Balaban J connectivity index is 1.67. The molecule has 1 saturated carbocycles. The molecule has 0 amide bonds. The molecule has 3 aliphatic rings. The Morgan fingerprint density at radius 1 is 1.18 bits per heavy atom. The summed E-state index contributed by atoms with van der Waals surface area (Å²) in [5.41, 5.74) is 0. The number of nitrogens with one attached hydrogen (secondary N) is 1. The second kappa shape index (κ2) is 4.87. The summed E-state index contributed by atoms with van der Waals surface area (Å²) in [6.45, 7) is 8.07. The number of ether oxygens (including phenoxy) is 1. The van der Waals surface area contributed by atoms with E-state index in [0.29, 0.717) is 24.2 Å². The molecule has 0 aromatic rings. The first-order valence-corrected chi connectivity index (χ1v) is 7.39. The van der Waals surface area contributed by atoms with Crippen LogP contribution in [0, 0.1) is 5.92 Å². The maximum absolute atomic E-state index is 5.95. The van der Waals surface area contributed by atoms with Gasteiger partial charge in [-0.25, -0.2) is 0 Å². The third-order valence-corrected chi connectivity index (χ3v) is 4.69. The van der Waals surface area contributed by atoms with Crippen LogP contribution in [0.4, 0.5) is 0 Å². The summed E-state index contributed by atoms with van der Waals surface area (Å²) in [6.07, 6.45) is 5.97. The average Bonchev–Trinajstić information content (AvgIpc) is 2.72. The first-order chi connectivity index (χ1) is 8.27. The number of hydrogen-bond donors (Lipinski definition) is 1. The van der Waals surface area contributed by atoms with Gasteiger partial charge in [0.25, 0.3) is 0 Å². The van der Waals surface area contributed by atoms with Gasteiger partial charge in [0, 0.05) is 24.6 Å². The van der Waals surface area contributed by atoms with E-state index in [2.05, 4.69) is 24.1 Å². The summed E-state index contributed by atoms with van der Waals surface area (Å²) in [7, 11) is 0. The van der Waals surface area contributed by atoms with Gasteiger partial charge in [-0.3, -0.25) is 4.90 Å². The largest absolute Gasteiger partial charge is 0.376 e. The van der Waals surface area contributed by atoms with Crippen molar-refractivity contribution < 1.29 is 4.74 Å². The van der Waals surface area contributed by atoms with E-state index in [0.717, 1.165) is 12.5 Å². The fraction of sp³-hybridized carbons (Fsp3) is 1.00. The number of nitrogens with zero attached hydrogens (tertiary/aromatic N) is 1. The maximum Gasteiger partial charge on any atom is 0.0789 e. The molecule has 0 radical (unpaired) electrons. The van der Waals surface area contributed by atoms with Crippen LogP contribution in [0.2, 0.25) is 0 Å². The fourth-order valence-electron chi connectivity index (χ4n) is 3.93. The quantitative estimate of drug-likeness (QED) is 0.809. The van der Waals surface area contributed by atoms with Crippen molar-refractivity contribution in [2.24, 2.45) is 5.92 Å². The Bertz CT molecular complexity index is 263. The van der Waals surface area contributed by atoms with Crippen LogP contribution in [0.3, 0.4) is 0 Å². The molecule has 98 valence electrons. The summed E-state index contributed by atoms with van der Waals surface area (Å²) >= 11 is 0. The van der Waals surface area contributed by atoms with Crippen molar-refractivity contribution in [2.45, 2.75) is 63.8 Å². The van der Waals surface area contributed by atoms with E-state index in [-0.39, 0.29) is 0 Å². The summed E-state index contributed by atoms with van der Waals surface area (Å²) < 4.78 is 5.95. The van der Waals surface area contributed by atoms with E-state index in [4.69, 9.17) is 4.74 Å². The van der Waals surface area contributed by atoms with Crippen molar-refractivity contribution >= 4 is 0 Å². The lowest BCUT2D eigenvalue weighted by molar-refractivity contribution is -0.0908. The van der Waals surface area contributed by atoms with Crippen LogP contribution < -0.4 is 5.32 Å². The van der Waals surface area contributed by atoms with E-state index in [9.17, 15) is 0 Å². The summed E-state index contributed by atoms with van der Waals surface area (Å²) in [5.74, 6) is 0.782. The molecule has 2 aliphatic heterocycles.